The monoisotopic (exact) mass is 321 g/mol. The first-order valence-corrected chi connectivity index (χ1v) is 7.23. The third kappa shape index (κ3) is 3.23. The average molecular weight is 322 g/mol. The molecular formula is C14H16BrN3O. The van der Waals surface area contributed by atoms with E-state index < -0.39 is 0 Å². The second kappa shape index (κ2) is 5.86. The number of imidazole rings is 1. The number of nitrogens with one attached hydrogen (secondary N) is 2. The van der Waals surface area contributed by atoms with Gasteiger partial charge in [0.15, 0.2) is 0 Å². The van der Waals surface area contributed by atoms with Gasteiger partial charge in [-0.1, -0.05) is 28.1 Å². The minimum Gasteiger partial charge on any atom is -0.375 e. The fourth-order valence-electron chi connectivity index (χ4n) is 2.24. The Morgan fingerprint density at radius 2 is 2.37 bits per heavy atom. The summed E-state index contributed by atoms with van der Waals surface area (Å²) in [5, 5.41) is 3.33. The number of halogens is 1. The zero-order valence-electron chi connectivity index (χ0n) is 10.5. The minimum atomic E-state index is 0.218. The van der Waals surface area contributed by atoms with E-state index in [1.807, 2.05) is 18.3 Å². The van der Waals surface area contributed by atoms with Crippen molar-refractivity contribution in [2.45, 2.75) is 12.5 Å². The van der Waals surface area contributed by atoms with Crippen LogP contribution in [0.5, 0.6) is 0 Å². The van der Waals surface area contributed by atoms with Crippen LogP contribution in [0.15, 0.2) is 34.9 Å². The number of morpholine rings is 1. The first-order chi connectivity index (χ1) is 9.31. The molecule has 1 unspecified atom stereocenters. The Kier molecular flexibility index (Phi) is 3.96. The van der Waals surface area contributed by atoms with Gasteiger partial charge in [-0.25, -0.2) is 4.98 Å². The summed E-state index contributed by atoms with van der Waals surface area (Å²) in [4.78, 5) is 7.80. The summed E-state index contributed by atoms with van der Waals surface area (Å²) >= 11 is 3.48. The molecule has 0 saturated carbocycles. The first-order valence-electron chi connectivity index (χ1n) is 6.43. The van der Waals surface area contributed by atoms with Crippen LogP contribution in [-0.2, 0) is 11.2 Å². The molecule has 100 valence electrons. The fourth-order valence-corrected chi connectivity index (χ4v) is 2.63. The number of hydrogen-bond donors (Lipinski definition) is 2. The molecule has 1 atom stereocenters. The molecule has 2 N–H and O–H groups in total. The number of rotatable bonds is 3. The summed E-state index contributed by atoms with van der Waals surface area (Å²) in [5.74, 6) is 0.976. The molecule has 1 aliphatic heterocycles. The quantitative estimate of drug-likeness (QED) is 0.912. The molecule has 1 aromatic carbocycles. The highest BCUT2D eigenvalue weighted by Gasteiger charge is 2.15. The van der Waals surface area contributed by atoms with Gasteiger partial charge >= 0.3 is 0 Å². The van der Waals surface area contributed by atoms with Gasteiger partial charge < -0.3 is 15.0 Å². The Balaban J connectivity index is 1.72. The number of benzene rings is 1. The van der Waals surface area contributed by atoms with E-state index >= 15 is 0 Å². The average Bonchev–Trinajstić information content (AvgIpc) is 2.88. The molecule has 1 fully saturated rings. The molecular weight excluding hydrogens is 306 g/mol. The van der Waals surface area contributed by atoms with Gasteiger partial charge in [-0.3, -0.25) is 0 Å². The van der Waals surface area contributed by atoms with Crippen molar-refractivity contribution in [2.75, 3.05) is 19.7 Å². The van der Waals surface area contributed by atoms with Crippen molar-refractivity contribution in [3.63, 3.8) is 0 Å². The second-order valence-electron chi connectivity index (χ2n) is 4.65. The second-order valence-corrected chi connectivity index (χ2v) is 5.57. The van der Waals surface area contributed by atoms with Gasteiger partial charge in [-0.2, -0.15) is 0 Å². The maximum Gasteiger partial charge on any atom is 0.109 e. The Hall–Kier alpha value is -1.17. The lowest BCUT2D eigenvalue weighted by molar-refractivity contribution is 0.0281. The molecule has 19 heavy (non-hydrogen) atoms. The molecule has 4 nitrogen and oxygen atoms in total. The number of H-pyrrole nitrogens is 1. The lowest BCUT2D eigenvalue weighted by atomic mass is 10.2. The third-order valence-corrected chi connectivity index (χ3v) is 3.68. The molecule has 5 heteroatoms. The summed E-state index contributed by atoms with van der Waals surface area (Å²) in [6.45, 7) is 2.62. The van der Waals surface area contributed by atoms with Crippen molar-refractivity contribution in [1.29, 1.82) is 0 Å². The SMILES string of the molecule is Brc1cccc(-c2cnc(CC3CNCCO3)[nH]2)c1. The normalized spacial score (nSPS) is 19.5. The predicted molar refractivity (Wildman–Crippen MR) is 78.0 cm³/mol. The van der Waals surface area contributed by atoms with E-state index in [0.29, 0.717) is 0 Å². The number of ether oxygens (including phenoxy) is 1. The number of nitrogens with zero attached hydrogens (tertiary/aromatic N) is 1. The Bertz CT molecular complexity index is 549. The van der Waals surface area contributed by atoms with Crippen LogP contribution < -0.4 is 5.32 Å². The van der Waals surface area contributed by atoms with Gasteiger partial charge in [0.05, 0.1) is 24.6 Å². The van der Waals surface area contributed by atoms with Crippen LogP contribution in [0.3, 0.4) is 0 Å². The summed E-state index contributed by atoms with van der Waals surface area (Å²) in [6.07, 6.45) is 2.92. The van der Waals surface area contributed by atoms with Crippen molar-refractivity contribution in [3.8, 4) is 11.3 Å². The lowest BCUT2D eigenvalue weighted by Crippen LogP contribution is -2.39. The Labute approximate surface area is 120 Å². The van der Waals surface area contributed by atoms with Gasteiger partial charge in [0.2, 0.25) is 0 Å². The zero-order chi connectivity index (χ0) is 13.1. The van der Waals surface area contributed by atoms with E-state index in [-0.39, 0.29) is 6.10 Å². The van der Waals surface area contributed by atoms with Crippen LogP contribution in [0.1, 0.15) is 5.82 Å². The van der Waals surface area contributed by atoms with E-state index in [2.05, 4.69) is 43.3 Å². The van der Waals surface area contributed by atoms with Gasteiger partial charge in [0, 0.05) is 29.5 Å². The van der Waals surface area contributed by atoms with Crippen LogP contribution in [0, 0.1) is 0 Å². The molecule has 1 aromatic heterocycles. The van der Waals surface area contributed by atoms with Crippen LogP contribution in [0.4, 0.5) is 0 Å². The highest BCUT2D eigenvalue weighted by molar-refractivity contribution is 9.10. The van der Waals surface area contributed by atoms with Crippen LogP contribution >= 0.6 is 15.9 Å². The Morgan fingerprint density at radius 1 is 1.42 bits per heavy atom. The summed E-state index contributed by atoms with van der Waals surface area (Å²) in [5.41, 5.74) is 2.18. The van der Waals surface area contributed by atoms with Crippen molar-refractivity contribution in [1.82, 2.24) is 15.3 Å². The van der Waals surface area contributed by atoms with Crippen LogP contribution in [0.25, 0.3) is 11.3 Å². The molecule has 0 spiro atoms. The highest BCUT2D eigenvalue weighted by Crippen LogP contribution is 2.21. The zero-order valence-corrected chi connectivity index (χ0v) is 12.1. The van der Waals surface area contributed by atoms with E-state index in [1.165, 1.54) is 0 Å². The van der Waals surface area contributed by atoms with E-state index in [1.54, 1.807) is 0 Å². The maximum absolute atomic E-state index is 5.69. The van der Waals surface area contributed by atoms with E-state index in [4.69, 9.17) is 4.74 Å². The molecule has 3 rings (SSSR count). The third-order valence-electron chi connectivity index (χ3n) is 3.19. The molecule has 0 amide bonds. The molecule has 0 aliphatic carbocycles. The largest absolute Gasteiger partial charge is 0.375 e. The molecule has 0 bridgehead atoms. The molecule has 0 radical (unpaired) electrons. The minimum absolute atomic E-state index is 0.218. The van der Waals surface area contributed by atoms with Crippen LogP contribution in [0.2, 0.25) is 0 Å². The molecule has 2 aromatic rings. The standard InChI is InChI=1S/C14H16BrN3O/c15-11-3-1-2-10(6-11)13-9-17-14(18-13)7-12-8-16-4-5-19-12/h1-3,6,9,12,16H,4-5,7-8H2,(H,17,18). The van der Waals surface area contributed by atoms with E-state index in [9.17, 15) is 0 Å². The summed E-state index contributed by atoms with van der Waals surface area (Å²) in [7, 11) is 0. The highest BCUT2D eigenvalue weighted by atomic mass is 79.9. The number of hydrogen-bond acceptors (Lipinski definition) is 3. The van der Waals surface area contributed by atoms with Crippen molar-refractivity contribution >= 4 is 15.9 Å². The van der Waals surface area contributed by atoms with Gasteiger partial charge in [0.1, 0.15) is 5.82 Å². The topological polar surface area (TPSA) is 49.9 Å². The Morgan fingerprint density at radius 3 is 3.16 bits per heavy atom. The van der Waals surface area contributed by atoms with Crippen molar-refractivity contribution in [3.05, 3.63) is 40.8 Å². The number of aromatic amines is 1. The van der Waals surface area contributed by atoms with Crippen molar-refractivity contribution < 1.29 is 4.74 Å². The van der Waals surface area contributed by atoms with Gasteiger partial charge in [-0.15, -0.1) is 0 Å². The predicted octanol–water partition coefficient (Wildman–Crippen LogP) is 2.37. The van der Waals surface area contributed by atoms with Crippen LogP contribution in [-0.4, -0.2) is 35.8 Å². The van der Waals surface area contributed by atoms with Gasteiger partial charge in [-0.05, 0) is 12.1 Å². The number of aromatic nitrogens is 2. The van der Waals surface area contributed by atoms with E-state index in [0.717, 1.165) is 47.7 Å². The smallest absolute Gasteiger partial charge is 0.109 e. The summed E-state index contributed by atoms with van der Waals surface area (Å²) < 4.78 is 6.76. The first kappa shape index (κ1) is 12.8. The molecule has 1 saturated heterocycles. The molecule has 1 aliphatic rings. The van der Waals surface area contributed by atoms with Gasteiger partial charge in [0.25, 0.3) is 0 Å². The fraction of sp³-hybridized carbons (Fsp3) is 0.357. The van der Waals surface area contributed by atoms with Crippen molar-refractivity contribution in [2.24, 2.45) is 0 Å². The molecule has 2 heterocycles. The summed E-state index contributed by atoms with van der Waals surface area (Å²) in [6, 6.07) is 8.19. The maximum atomic E-state index is 5.69. The lowest BCUT2D eigenvalue weighted by Gasteiger charge is -2.22.